The highest BCUT2D eigenvalue weighted by atomic mass is 35.5. The fourth-order valence-electron chi connectivity index (χ4n) is 3.32. The Hall–Kier alpha value is -0.640. The van der Waals surface area contributed by atoms with Crippen LogP contribution in [0.15, 0.2) is 18.2 Å². The van der Waals surface area contributed by atoms with Gasteiger partial charge in [-0.25, -0.2) is 4.39 Å². The lowest BCUT2D eigenvalue weighted by Gasteiger charge is -2.46. The van der Waals surface area contributed by atoms with Crippen molar-refractivity contribution in [2.45, 2.75) is 50.2 Å². The molecule has 2 nitrogen and oxygen atoms in total. The number of hydrogen-bond acceptors (Lipinski definition) is 2. The van der Waals surface area contributed by atoms with Crippen LogP contribution in [0.3, 0.4) is 0 Å². The smallest absolute Gasteiger partial charge is 0.142 e. The van der Waals surface area contributed by atoms with Crippen LogP contribution in [0, 0.1) is 5.82 Å². The Labute approximate surface area is 125 Å². The van der Waals surface area contributed by atoms with E-state index in [4.69, 9.17) is 11.6 Å². The molecule has 1 unspecified atom stereocenters. The summed E-state index contributed by atoms with van der Waals surface area (Å²) in [5.41, 5.74) is 0.611. The molecule has 1 fully saturated rings. The summed E-state index contributed by atoms with van der Waals surface area (Å²) in [6.07, 6.45) is 5.49. The van der Waals surface area contributed by atoms with Crippen LogP contribution >= 0.6 is 11.6 Å². The van der Waals surface area contributed by atoms with Crippen LogP contribution in [0.4, 0.5) is 4.39 Å². The van der Waals surface area contributed by atoms with Gasteiger partial charge in [0, 0.05) is 12.0 Å². The maximum Gasteiger partial charge on any atom is 0.142 e. The van der Waals surface area contributed by atoms with Crippen LogP contribution in [-0.4, -0.2) is 35.7 Å². The van der Waals surface area contributed by atoms with Gasteiger partial charge in [-0.3, -0.25) is 0 Å². The summed E-state index contributed by atoms with van der Waals surface area (Å²) in [5.74, 6) is -0.418. The number of aliphatic hydroxyl groups is 1. The van der Waals surface area contributed by atoms with E-state index in [-0.39, 0.29) is 10.6 Å². The Morgan fingerprint density at radius 1 is 1.30 bits per heavy atom. The van der Waals surface area contributed by atoms with Crippen LogP contribution in [-0.2, 0) is 6.42 Å². The molecule has 112 valence electrons. The predicted octanol–water partition coefficient (Wildman–Crippen LogP) is 3.65. The molecule has 2 rings (SSSR count). The van der Waals surface area contributed by atoms with E-state index in [1.807, 2.05) is 14.1 Å². The Bertz CT molecular complexity index is 458. The van der Waals surface area contributed by atoms with E-state index in [1.54, 1.807) is 12.1 Å². The number of likely N-dealkylation sites (N-methyl/N-ethyl adjacent to an activating group) is 1. The monoisotopic (exact) mass is 299 g/mol. The van der Waals surface area contributed by atoms with E-state index >= 15 is 0 Å². The van der Waals surface area contributed by atoms with Crippen molar-refractivity contribution >= 4 is 11.6 Å². The number of nitrogens with zero attached hydrogens (tertiary/aromatic N) is 1. The van der Waals surface area contributed by atoms with Gasteiger partial charge in [0.15, 0.2) is 0 Å². The molecule has 1 aromatic rings. The molecule has 0 amide bonds. The summed E-state index contributed by atoms with van der Waals surface area (Å²) in [5, 5.41) is 10.8. The molecule has 4 heteroatoms. The number of hydrogen-bond donors (Lipinski definition) is 1. The van der Waals surface area contributed by atoms with Crippen molar-refractivity contribution in [1.82, 2.24) is 4.90 Å². The molecule has 1 atom stereocenters. The maximum atomic E-state index is 13.5. The zero-order valence-electron chi connectivity index (χ0n) is 12.2. The lowest BCUT2D eigenvalue weighted by atomic mass is 9.75. The van der Waals surface area contributed by atoms with E-state index in [1.165, 1.54) is 12.5 Å². The first kappa shape index (κ1) is 15.7. The quantitative estimate of drug-likeness (QED) is 0.917. The molecule has 0 aliphatic heterocycles. The molecule has 0 heterocycles. The van der Waals surface area contributed by atoms with Gasteiger partial charge in [0.25, 0.3) is 0 Å². The third kappa shape index (κ3) is 3.16. The standard InChI is InChI=1S/C16H23ClFNO/c1-19(2)16(8-4-3-5-9-16)15(20)11-12-6-7-13(17)14(18)10-12/h6-7,10,15,20H,3-5,8-9,11H2,1-2H3. The zero-order valence-corrected chi connectivity index (χ0v) is 13.0. The van der Waals surface area contributed by atoms with Crippen LogP contribution in [0.25, 0.3) is 0 Å². The maximum absolute atomic E-state index is 13.5. The fraction of sp³-hybridized carbons (Fsp3) is 0.625. The average Bonchev–Trinajstić information content (AvgIpc) is 2.43. The molecular formula is C16H23ClFNO. The zero-order chi connectivity index (χ0) is 14.8. The first-order valence-electron chi connectivity index (χ1n) is 7.25. The number of halogens is 2. The lowest BCUT2D eigenvalue weighted by molar-refractivity contribution is -0.0310. The van der Waals surface area contributed by atoms with Crippen molar-refractivity contribution in [3.8, 4) is 0 Å². The van der Waals surface area contributed by atoms with Crippen LogP contribution in [0.1, 0.15) is 37.7 Å². The first-order chi connectivity index (χ1) is 9.45. The fourth-order valence-corrected chi connectivity index (χ4v) is 3.44. The van der Waals surface area contributed by atoms with E-state index in [0.29, 0.717) is 6.42 Å². The summed E-state index contributed by atoms with van der Waals surface area (Å²) in [4.78, 5) is 2.14. The number of aliphatic hydroxyl groups excluding tert-OH is 1. The highest BCUT2D eigenvalue weighted by Gasteiger charge is 2.40. The Morgan fingerprint density at radius 3 is 2.50 bits per heavy atom. The number of rotatable bonds is 4. The second-order valence-electron chi connectivity index (χ2n) is 6.03. The summed E-state index contributed by atoms with van der Waals surface area (Å²) in [6.45, 7) is 0. The van der Waals surface area contributed by atoms with Crippen molar-refractivity contribution in [1.29, 1.82) is 0 Å². The second-order valence-corrected chi connectivity index (χ2v) is 6.43. The van der Waals surface area contributed by atoms with Gasteiger partial charge < -0.3 is 10.0 Å². The highest BCUT2D eigenvalue weighted by Crippen LogP contribution is 2.36. The van der Waals surface area contributed by atoms with Gasteiger partial charge in [-0.2, -0.15) is 0 Å². The molecule has 1 saturated carbocycles. The number of benzene rings is 1. The summed E-state index contributed by atoms with van der Waals surface area (Å²) in [7, 11) is 4.05. The van der Waals surface area contributed by atoms with Crippen LogP contribution < -0.4 is 0 Å². The molecule has 1 aliphatic rings. The molecule has 1 aromatic carbocycles. The molecule has 1 aliphatic carbocycles. The van der Waals surface area contributed by atoms with E-state index in [9.17, 15) is 9.50 Å². The van der Waals surface area contributed by atoms with Gasteiger partial charge in [0.05, 0.1) is 11.1 Å². The predicted molar refractivity (Wildman–Crippen MR) is 80.6 cm³/mol. The van der Waals surface area contributed by atoms with E-state index in [0.717, 1.165) is 31.2 Å². The van der Waals surface area contributed by atoms with E-state index < -0.39 is 11.9 Å². The molecular weight excluding hydrogens is 277 g/mol. The Morgan fingerprint density at radius 2 is 1.95 bits per heavy atom. The van der Waals surface area contributed by atoms with E-state index in [2.05, 4.69) is 4.90 Å². The van der Waals surface area contributed by atoms with Gasteiger partial charge in [-0.05, 0) is 44.6 Å². The van der Waals surface area contributed by atoms with Gasteiger partial charge in [-0.1, -0.05) is 36.9 Å². The lowest BCUT2D eigenvalue weighted by Crippen LogP contribution is -2.55. The second kappa shape index (κ2) is 6.42. The molecule has 0 aromatic heterocycles. The molecule has 0 radical (unpaired) electrons. The average molecular weight is 300 g/mol. The Balaban J connectivity index is 2.15. The summed E-state index contributed by atoms with van der Waals surface area (Å²) in [6, 6.07) is 4.78. The SMILES string of the molecule is CN(C)C1(C(O)Cc2ccc(Cl)c(F)c2)CCCCC1. The highest BCUT2D eigenvalue weighted by molar-refractivity contribution is 6.30. The summed E-state index contributed by atoms with van der Waals surface area (Å²) < 4.78 is 13.5. The summed E-state index contributed by atoms with van der Waals surface area (Å²) >= 11 is 5.70. The third-order valence-corrected chi connectivity index (χ3v) is 4.95. The molecule has 0 spiro atoms. The van der Waals surface area contributed by atoms with Gasteiger partial charge >= 0.3 is 0 Å². The first-order valence-corrected chi connectivity index (χ1v) is 7.63. The van der Waals surface area contributed by atoms with Crippen molar-refractivity contribution in [2.24, 2.45) is 0 Å². The minimum absolute atomic E-state index is 0.128. The minimum atomic E-state index is -0.488. The third-order valence-electron chi connectivity index (χ3n) is 4.64. The molecule has 0 bridgehead atoms. The van der Waals surface area contributed by atoms with Gasteiger partial charge in [0.2, 0.25) is 0 Å². The Kier molecular flexibility index (Phi) is 5.05. The van der Waals surface area contributed by atoms with Crippen LogP contribution in [0.2, 0.25) is 5.02 Å². The van der Waals surface area contributed by atoms with Gasteiger partial charge in [-0.15, -0.1) is 0 Å². The topological polar surface area (TPSA) is 23.5 Å². The van der Waals surface area contributed by atoms with Crippen molar-refractivity contribution in [3.05, 3.63) is 34.6 Å². The normalized spacial score (nSPS) is 20.1. The minimum Gasteiger partial charge on any atom is -0.391 e. The molecule has 0 saturated heterocycles. The van der Waals surface area contributed by atoms with Crippen molar-refractivity contribution in [2.75, 3.05) is 14.1 Å². The van der Waals surface area contributed by atoms with Crippen molar-refractivity contribution in [3.63, 3.8) is 0 Å². The largest absolute Gasteiger partial charge is 0.391 e. The molecule has 20 heavy (non-hydrogen) atoms. The van der Waals surface area contributed by atoms with Gasteiger partial charge in [0.1, 0.15) is 5.82 Å². The van der Waals surface area contributed by atoms with Crippen molar-refractivity contribution < 1.29 is 9.50 Å². The van der Waals surface area contributed by atoms with Crippen LogP contribution in [0.5, 0.6) is 0 Å². The molecule has 1 N–H and O–H groups in total.